The van der Waals surface area contributed by atoms with E-state index in [1.807, 2.05) is 0 Å². The fourth-order valence-electron chi connectivity index (χ4n) is 2.13. The van der Waals surface area contributed by atoms with E-state index >= 15 is 0 Å². The largest absolute Gasteiger partial charge is 0.296 e. The van der Waals surface area contributed by atoms with Gasteiger partial charge in [0.15, 0.2) is 0 Å². The van der Waals surface area contributed by atoms with Crippen LogP contribution in [-0.4, -0.2) is 9.55 Å². The highest BCUT2D eigenvalue weighted by Crippen LogP contribution is 2.25. The van der Waals surface area contributed by atoms with Crippen LogP contribution in [0.25, 0.3) is 10.9 Å². The molecular weight excluding hydrogens is 247 g/mol. The van der Waals surface area contributed by atoms with Crippen molar-refractivity contribution in [1.82, 2.24) is 9.55 Å². The molecule has 82 valence electrons. The molecule has 0 fully saturated rings. The van der Waals surface area contributed by atoms with Gasteiger partial charge in [0.25, 0.3) is 5.56 Å². The average molecular weight is 255 g/mol. The summed E-state index contributed by atoms with van der Waals surface area (Å²) in [6, 6.07) is 3.26. The smallest absolute Gasteiger partial charge is 0.262 e. The van der Waals surface area contributed by atoms with E-state index in [0.29, 0.717) is 20.9 Å². The Morgan fingerprint density at radius 1 is 1.31 bits per heavy atom. The van der Waals surface area contributed by atoms with Gasteiger partial charge in [-0.25, -0.2) is 4.98 Å². The van der Waals surface area contributed by atoms with Crippen LogP contribution in [0.4, 0.5) is 0 Å². The second-order valence-electron chi connectivity index (χ2n) is 3.87. The summed E-state index contributed by atoms with van der Waals surface area (Å²) in [6.45, 7) is 0.732. The lowest BCUT2D eigenvalue weighted by atomic mass is 10.2. The van der Waals surface area contributed by atoms with Gasteiger partial charge in [-0.1, -0.05) is 23.2 Å². The first-order valence-electron chi connectivity index (χ1n) is 5.05. The molecule has 0 atom stereocenters. The highest BCUT2D eigenvalue weighted by atomic mass is 35.5. The molecule has 2 aromatic rings. The minimum Gasteiger partial charge on any atom is -0.296 e. The van der Waals surface area contributed by atoms with Gasteiger partial charge in [0, 0.05) is 18.0 Å². The summed E-state index contributed by atoms with van der Waals surface area (Å²) in [4.78, 5) is 16.6. The highest BCUT2D eigenvalue weighted by molar-refractivity contribution is 6.38. The van der Waals surface area contributed by atoms with Crippen molar-refractivity contribution in [2.75, 3.05) is 0 Å². The van der Waals surface area contributed by atoms with Crippen LogP contribution in [0.1, 0.15) is 12.2 Å². The second-order valence-corrected chi connectivity index (χ2v) is 4.71. The molecule has 1 aliphatic rings. The minimum absolute atomic E-state index is 0.0563. The first-order chi connectivity index (χ1) is 7.66. The predicted octanol–water partition coefficient (Wildman–Crippen LogP) is 2.65. The molecule has 0 aliphatic carbocycles. The molecule has 0 bridgehead atoms. The number of rotatable bonds is 0. The third-order valence-corrected chi connectivity index (χ3v) is 3.35. The molecular formula is C11H8Cl2N2O. The molecule has 0 N–H and O–H groups in total. The Bertz CT molecular complexity index is 648. The van der Waals surface area contributed by atoms with Crippen LogP contribution < -0.4 is 5.56 Å². The van der Waals surface area contributed by atoms with Gasteiger partial charge < -0.3 is 0 Å². The maximum atomic E-state index is 12.1. The quantitative estimate of drug-likeness (QED) is 0.725. The molecule has 1 aromatic heterocycles. The summed E-state index contributed by atoms with van der Waals surface area (Å²) in [5, 5.41) is 1.35. The molecule has 3 nitrogen and oxygen atoms in total. The first kappa shape index (κ1) is 10.1. The topological polar surface area (TPSA) is 34.9 Å². The fourth-order valence-corrected chi connectivity index (χ4v) is 2.69. The lowest BCUT2D eigenvalue weighted by molar-refractivity contribution is 0.719. The fraction of sp³-hybridized carbons (Fsp3) is 0.273. The monoisotopic (exact) mass is 254 g/mol. The Balaban J connectivity index is 2.51. The molecule has 0 saturated heterocycles. The van der Waals surface area contributed by atoms with Crippen LogP contribution in [-0.2, 0) is 13.0 Å². The van der Waals surface area contributed by atoms with E-state index in [9.17, 15) is 4.79 Å². The molecule has 2 heterocycles. The maximum absolute atomic E-state index is 12.1. The Labute approximate surface area is 102 Å². The molecule has 3 rings (SSSR count). The van der Waals surface area contributed by atoms with Gasteiger partial charge in [-0.3, -0.25) is 9.36 Å². The van der Waals surface area contributed by atoms with E-state index in [0.717, 1.165) is 25.2 Å². The van der Waals surface area contributed by atoms with Gasteiger partial charge in [0.1, 0.15) is 5.82 Å². The molecule has 0 unspecified atom stereocenters. The van der Waals surface area contributed by atoms with E-state index in [4.69, 9.17) is 23.2 Å². The van der Waals surface area contributed by atoms with Crippen molar-refractivity contribution >= 4 is 34.1 Å². The molecule has 0 radical (unpaired) electrons. The minimum atomic E-state index is -0.0563. The maximum Gasteiger partial charge on any atom is 0.262 e. The third kappa shape index (κ3) is 1.35. The lowest BCUT2D eigenvalue weighted by Gasteiger charge is -2.06. The Kier molecular flexibility index (Phi) is 2.19. The first-order valence-corrected chi connectivity index (χ1v) is 5.81. The zero-order valence-electron chi connectivity index (χ0n) is 8.33. The van der Waals surface area contributed by atoms with Crippen LogP contribution in [0.15, 0.2) is 16.9 Å². The number of aromatic nitrogens is 2. The number of hydrogen-bond acceptors (Lipinski definition) is 2. The van der Waals surface area contributed by atoms with E-state index in [2.05, 4.69) is 4.98 Å². The van der Waals surface area contributed by atoms with E-state index < -0.39 is 0 Å². The van der Waals surface area contributed by atoms with Gasteiger partial charge in [-0.05, 0) is 18.6 Å². The second kappa shape index (κ2) is 3.47. The lowest BCUT2D eigenvalue weighted by Crippen LogP contribution is -2.21. The number of fused-ring (bicyclic) bond motifs is 2. The summed E-state index contributed by atoms with van der Waals surface area (Å²) in [5.41, 5.74) is 0.537. The normalized spacial score (nSPS) is 14.4. The van der Waals surface area contributed by atoms with Crippen molar-refractivity contribution in [3.8, 4) is 0 Å². The van der Waals surface area contributed by atoms with E-state index in [-0.39, 0.29) is 5.56 Å². The number of hydrogen-bond donors (Lipinski definition) is 0. The number of aryl methyl sites for hydroxylation is 1. The number of benzene rings is 1. The molecule has 0 spiro atoms. The average Bonchev–Trinajstić information content (AvgIpc) is 2.64. The summed E-state index contributed by atoms with van der Waals surface area (Å²) in [7, 11) is 0. The number of nitrogens with zero attached hydrogens (tertiary/aromatic N) is 2. The highest BCUT2D eigenvalue weighted by Gasteiger charge is 2.17. The summed E-state index contributed by atoms with van der Waals surface area (Å²) >= 11 is 11.9. The zero-order valence-corrected chi connectivity index (χ0v) is 9.85. The molecule has 1 aliphatic heterocycles. The van der Waals surface area contributed by atoms with Gasteiger partial charge in [-0.2, -0.15) is 0 Å². The summed E-state index contributed by atoms with van der Waals surface area (Å²) < 4.78 is 1.70. The standard InChI is InChI=1S/C11H8Cl2N2O/c12-6-4-7(13)10-8(5-6)14-9-2-1-3-15(9)11(10)16/h4-5H,1-3H2. The van der Waals surface area contributed by atoms with Crippen molar-refractivity contribution < 1.29 is 0 Å². The van der Waals surface area contributed by atoms with Gasteiger partial charge in [0.05, 0.1) is 15.9 Å². The van der Waals surface area contributed by atoms with Gasteiger partial charge >= 0.3 is 0 Å². The predicted molar refractivity (Wildman–Crippen MR) is 64.3 cm³/mol. The molecule has 5 heteroatoms. The summed E-state index contributed by atoms with van der Waals surface area (Å²) in [5.74, 6) is 0.829. The van der Waals surface area contributed by atoms with Crippen molar-refractivity contribution in [2.45, 2.75) is 19.4 Å². The van der Waals surface area contributed by atoms with Crippen LogP contribution in [0.5, 0.6) is 0 Å². The summed E-state index contributed by atoms with van der Waals surface area (Å²) in [6.07, 6.45) is 1.80. The van der Waals surface area contributed by atoms with Crippen molar-refractivity contribution in [2.24, 2.45) is 0 Å². The van der Waals surface area contributed by atoms with Crippen LogP contribution >= 0.6 is 23.2 Å². The van der Waals surface area contributed by atoms with Crippen LogP contribution in [0.2, 0.25) is 10.0 Å². The van der Waals surface area contributed by atoms with E-state index in [1.54, 1.807) is 16.7 Å². The molecule has 1 aromatic carbocycles. The Morgan fingerprint density at radius 2 is 2.12 bits per heavy atom. The SMILES string of the molecule is O=c1c2c(Cl)cc(Cl)cc2nc2n1CCC2. The molecule has 16 heavy (non-hydrogen) atoms. The van der Waals surface area contributed by atoms with Gasteiger partial charge in [-0.15, -0.1) is 0 Å². The zero-order chi connectivity index (χ0) is 11.3. The van der Waals surface area contributed by atoms with Crippen molar-refractivity contribution in [3.05, 3.63) is 38.4 Å². The van der Waals surface area contributed by atoms with Gasteiger partial charge in [0.2, 0.25) is 0 Å². The van der Waals surface area contributed by atoms with Crippen molar-refractivity contribution in [1.29, 1.82) is 0 Å². The Morgan fingerprint density at radius 3 is 2.94 bits per heavy atom. The van der Waals surface area contributed by atoms with Crippen molar-refractivity contribution in [3.63, 3.8) is 0 Å². The van der Waals surface area contributed by atoms with E-state index in [1.165, 1.54) is 0 Å². The third-order valence-electron chi connectivity index (χ3n) is 2.84. The molecule has 0 amide bonds. The van der Waals surface area contributed by atoms with Crippen LogP contribution in [0.3, 0.4) is 0 Å². The molecule has 0 saturated carbocycles. The Hall–Kier alpha value is -1.06. The van der Waals surface area contributed by atoms with Crippen LogP contribution in [0, 0.1) is 0 Å². The number of halogens is 2.